The van der Waals surface area contributed by atoms with Gasteiger partial charge in [0.05, 0.1) is 17.2 Å². The Balaban J connectivity index is 1.56. The summed E-state index contributed by atoms with van der Waals surface area (Å²) < 4.78 is 33.2. The van der Waals surface area contributed by atoms with Crippen LogP contribution in [0.1, 0.15) is 29.3 Å². The zero-order chi connectivity index (χ0) is 22.7. The van der Waals surface area contributed by atoms with E-state index < -0.39 is 10.0 Å². The molecule has 0 fully saturated rings. The average Bonchev–Trinajstić information content (AvgIpc) is 2.80. The highest BCUT2D eigenvalue weighted by atomic mass is 35.5. The number of hydrogen-bond acceptors (Lipinski definition) is 4. The van der Waals surface area contributed by atoms with Crippen molar-refractivity contribution < 1.29 is 17.9 Å². The summed E-state index contributed by atoms with van der Waals surface area (Å²) in [6.07, 6.45) is 1.37. The number of hydrogen-bond donors (Lipinski definition) is 1. The third kappa shape index (κ3) is 4.59. The van der Waals surface area contributed by atoms with Crippen LogP contribution < -0.4 is 14.4 Å². The van der Waals surface area contributed by atoms with E-state index in [0.717, 1.165) is 11.3 Å². The Hall–Kier alpha value is -3.03. The fourth-order valence-electron chi connectivity index (χ4n) is 3.69. The molecule has 0 atom stereocenters. The van der Waals surface area contributed by atoms with Crippen molar-refractivity contribution in [2.24, 2.45) is 0 Å². The van der Waals surface area contributed by atoms with E-state index in [1.165, 1.54) is 16.4 Å². The maximum absolute atomic E-state index is 13.2. The van der Waals surface area contributed by atoms with Crippen LogP contribution >= 0.6 is 11.6 Å². The van der Waals surface area contributed by atoms with E-state index >= 15 is 0 Å². The molecule has 4 rings (SSSR count). The molecule has 6 nitrogen and oxygen atoms in total. The Kier molecular flexibility index (Phi) is 6.39. The summed E-state index contributed by atoms with van der Waals surface area (Å²) in [4.78, 5) is 12.9. The third-order valence-electron chi connectivity index (χ3n) is 5.24. The molecule has 32 heavy (non-hydrogen) atoms. The van der Waals surface area contributed by atoms with Crippen molar-refractivity contribution in [3.63, 3.8) is 0 Å². The molecule has 1 heterocycles. The Labute approximate surface area is 192 Å². The van der Waals surface area contributed by atoms with Crippen LogP contribution in [0, 0.1) is 0 Å². The second kappa shape index (κ2) is 9.22. The Morgan fingerprint density at radius 3 is 2.47 bits per heavy atom. The normalized spacial score (nSPS) is 13.4. The summed E-state index contributed by atoms with van der Waals surface area (Å²) in [7, 11) is -3.72. The topological polar surface area (TPSA) is 75.7 Å². The Bertz CT molecular complexity index is 1230. The van der Waals surface area contributed by atoms with E-state index in [9.17, 15) is 13.2 Å². The molecule has 166 valence electrons. The molecule has 3 aromatic carbocycles. The largest absolute Gasteiger partial charge is 0.494 e. The summed E-state index contributed by atoms with van der Waals surface area (Å²) in [5, 5.41) is 3.35. The first-order valence-corrected chi connectivity index (χ1v) is 12.2. The summed E-state index contributed by atoms with van der Waals surface area (Å²) in [6, 6.07) is 18.4. The minimum Gasteiger partial charge on any atom is -0.494 e. The van der Waals surface area contributed by atoms with E-state index in [4.69, 9.17) is 16.3 Å². The first-order valence-electron chi connectivity index (χ1n) is 10.3. The number of carbonyl (C=O) groups excluding carboxylic acids is 1. The second-order valence-electron chi connectivity index (χ2n) is 7.39. The van der Waals surface area contributed by atoms with Crippen LogP contribution in [0.15, 0.2) is 71.6 Å². The minimum absolute atomic E-state index is 0.187. The number of halogens is 1. The van der Waals surface area contributed by atoms with Gasteiger partial charge in [-0.05, 0) is 92.1 Å². The number of ether oxygens (including phenoxy) is 1. The number of benzene rings is 3. The fraction of sp³-hybridized carbons (Fsp3) is 0.208. The van der Waals surface area contributed by atoms with Crippen molar-refractivity contribution in [1.29, 1.82) is 0 Å². The maximum atomic E-state index is 13.2. The standard InChI is InChI=1S/C24H23ClN2O4S/c1-2-31-21-10-8-20(9-11-21)26-24(28)18-5-14-23-17(16-18)4-3-15-27(23)32(29,30)22-12-6-19(25)7-13-22/h5-14,16H,2-4,15H2,1H3,(H,26,28). The number of fused-ring (bicyclic) bond motifs is 1. The van der Waals surface area contributed by atoms with Gasteiger partial charge in [-0.25, -0.2) is 8.42 Å². The van der Waals surface area contributed by atoms with Gasteiger partial charge >= 0.3 is 0 Å². The lowest BCUT2D eigenvalue weighted by Crippen LogP contribution is -2.35. The molecule has 1 amide bonds. The molecule has 1 N–H and O–H groups in total. The summed E-state index contributed by atoms with van der Waals surface area (Å²) in [6.45, 7) is 2.87. The predicted octanol–water partition coefficient (Wildman–Crippen LogP) is 5.13. The van der Waals surface area contributed by atoms with E-state index in [2.05, 4.69) is 5.32 Å². The van der Waals surface area contributed by atoms with Crippen LogP contribution in [0.25, 0.3) is 0 Å². The van der Waals surface area contributed by atoms with Gasteiger partial charge in [-0.2, -0.15) is 0 Å². The lowest BCUT2D eigenvalue weighted by Gasteiger charge is -2.30. The van der Waals surface area contributed by atoms with Gasteiger partial charge in [-0.1, -0.05) is 11.6 Å². The lowest BCUT2D eigenvalue weighted by atomic mass is 10.0. The predicted molar refractivity (Wildman–Crippen MR) is 126 cm³/mol. The first-order chi connectivity index (χ1) is 15.4. The van der Waals surface area contributed by atoms with Gasteiger partial charge in [-0.3, -0.25) is 9.10 Å². The zero-order valence-electron chi connectivity index (χ0n) is 17.5. The van der Waals surface area contributed by atoms with E-state index in [1.807, 2.05) is 6.92 Å². The van der Waals surface area contributed by atoms with Gasteiger partial charge in [0.25, 0.3) is 15.9 Å². The van der Waals surface area contributed by atoms with Crippen molar-refractivity contribution in [1.82, 2.24) is 0 Å². The summed E-state index contributed by atoms with van der Waals surface area (Å²) in [5.74, 6) is 0.482. The van der Waals surface area contributed by atoms with E-state index in [-0.39, 0.29) is 10.8 Å². The SMILES string of the molecule is CCOc1ccc(NC(=O)c2ccc3c(c2)CCCN3S(=O)(=O)c2ccc(Cl)cc2)cc1. The molecule has 0 spiro atoms. The highest BCUT2D eigenvalue weighted by Crippen LogP contribution is 2.33. The molecule has 0 saturated carbocycles. The number of aryl methyl sites for hydroxylation is 1. The highest BCUT2D eigenvalue weighted by Gasteiger charge is 2.29. The lowest BCUT2D eigenvalue weighted by molar-refractivity contribution is 0.102. The van der Waals surface area contributed by atoms with Crippen molar-refractivity contribution in [2.75, 3.05) is 22.8 Å². The van der Waals surface area contributed by atoms with Crippen LogP contribution in [0.3, 0.4) is 0 Å². The molecule has 0 aromatic heterocycles. The number of rotatable bonds is 6. The van der Waals surface area contributed by atoms with E-state index in [0.29, 0.717) is 48.0 Å². The molecule has 1 aliphatic heterocycles. The van der Waals surface area contributed by atoms with Crippen molar-refractivity contribution in [2.45, 2.75) is 24.7 Å². The van der Waals surface area contributed by atoms with Gasteiger partial charge in [0.1, 0.15) is 5.75 Å². The quantitative estimate of drug-likeness (QED) is 0.541. The molecule has 1 aliphatic rings. The van der Waals surface area contributed by atoms with Crippen molar-refractivity contribution in [3.8, 4) is 5.75 Å². The molecule has 0 aliphatic carbocycles. The summed E-state index contributed by atoms with van der Waals surface area (Å²) in [5.41, 5.74) is 2.56. The van der Waals surface area contributed by atoms with Crippen LogP contribution in [-0.2, 0) is 16.4 Å². The molecular weight excluding hydrogens is 448 g/mol. The molecule has 0 unspecified atom stereocenters. The Morgan fingerprint density at radius 1 is 1.06 bits per heavy atom. The van der Waals surface area contributed by atoms with Gasteiger partial charge in [0.2, 0.25) is 0 Å². The number of nitrogens with one attached hydrogen (secondary N) is 1. The fourth-order valence-corrected chi connectivity index (χ4v) is 5.36. The molecule has 0 radical (unpaired) electrons. The van der Waals surface area contributed by atoms with Crippen LogP contribution in [0.2, 0.25) is 5.02 Å². The molecule has 0 saturated heterocycles. The van der Waals surface area contributed by atoms with Gasteiger partial charge in [0.15, 0.2) is 0 Å². The van der Waals surface area contributed by atoms with Gasteiger partial charge in [-0.15, -0.1) is 0 Å². The second-order valence-corrected chi connectivity index (χ2v) is 9.69. The van der Waals surface area contributed by atoms with Crippen LogP contribution in [-0.4, -0.2) is 27.5 Å². The molecule has 8 heteroatoms. The molecular formula is C24H23ClN2O4S. The van der Waals surface area contributed by atoms with Crippen LogP contribution in [0.5, 0.6) is 5.75 Å². The number of carbonyl (C=O) groups is 1. The average molecular weight is 471 g/mol. The number of amides is 1. The highest BCUT2D eigenvalue weighted by molar-refractivity contribution is 7.92. The molecule has 0 bridgehead atoms. The zero-order valence-corrected chi connectivity index (χ0v) is 19.1. The third-order valence-corrected chi connectivity index (χ3v) is 7.32. The van der Waals surface area contributed by atoms with E-state index in [1.54, 1.807) is 54.6 Å². The molecule has 3 aromatic rings. The minimum atomic E-state index is -3.72. The first kappa shape index (κ1) is 22.2. The number of nitrogens with zero attached hydrogens (tertiary/aromatic N) is 1. The summed E-state index contributed by atoms with van der Waals surface area (Å²) >= 11 is 5.90. The smallest absolute Gasteiger partial charge is 0.264 e. The van der Waals surface area contributed by atoms with Gasteiger partial charge in [0, 0.05) is 22.8 Å². The number of sulfonamides is 1. The van der Waals surface area contributed by atoms with Crippen molar-refractivity contribution in [3.05, 3.63) is 82.9 Å². The maximum Gasteiger partial charge on any atom is 0.264 e. The van der Waals surface area contributed by atoms with Crippen LogP contribution in [0.4, 0.5) is 11.4 Å². The monoisotopic (exact) mass is 470 g/mol. The van der Waals surface area contributed by atoms with Gasteiger partial charge < -0.3 is 10.1 Å². The van der Waals surface area contributed by atoms with Crippen molar-refractivity contribution >= 4 is 38.9 Å². The number of anilines is 2. The Morgan fingerprint density at radius 2 is 1.78 bits per heavy atom.